The summed E-state index contributed by atoms with van der Waals surface area (Å²) < 4.78 is 33.6. The number of piperazine rings is 1. The second-order valence-corrected chi connectivity index (χ2v) is 8.02. The molecule has 2 aliphatic heterocycles. The lowest BCUT2D eigenvalue weighted by Crippen LogP contribution is -2.64. The molecule has 6 nitrogen and oxygen atoms in total. The number of para-hydroxylation sites is 1. The molecular weight excluding hydrogens is 356 g/mol. The highest BCUT2D eigenvalue weighted by Gasteiger charge is 2.43. The zero-order chi connectivity index (χ0) is 19.9. The fourth-order valence-corrected chi connectivity index (χ4v) is 3.69. The summed E-state index contributed by atoms with van der Waals surface area (Å²) in [6, 6.07) is 3.10. The van der Waals surface area contributed by atoms with Crippen LogP contribution in [0.15, 0.2) is 18.2 Å². The van der Waals surface area contributed by atoms with Crippen molar-refractivity contribution in [2.45, 2.75) is 44.9 Å². The van der Waals surface area contributed by atoms with Crippen LogP contribution < -0.4 is 10.6 Å². The Kier molecular flexibility index (Phi) is 5.22. The van der Waals surface area contributed by atoms with Gasteiger partial charge in [0.25, 0.3) is 0 Å². The van der Waals surface area contributed by atoms with Crippen LogP contribution in [0.25, 0.3) is 0 Å². The van der Waals surface area contributed by atoms with Gasteiger partial charge in [-0.3, -0.25) is 14.5 Å². The minimum Gasteiger partial charge on any atom is -0.460 e. The molecule has 0 saturated carbocycles. The van der Waals surface area contributed by atoms with Crippen LogP contribution in [0.1, 0.15) is 27.2 Å². The SMILES string of the molecule is C[C@@H]1C[C@@H](C(N)CN2CC(=O)N(c3c(F)cccc3F)CC2(C)C)OC1=O. The topological polar surface area (TPSA) is 75.9 Å². The summed E-state index contributed by atoms with van der Waals surface area (Å²) in [5.41, 5.74) is 5.35. The lowest BCUT2D eigenvalue weighted by molar-refractivity contribution is -0.145. The number of halogens is 2. The van der Waals surface area contributed by atoms with Gasteiger partial charge in [0.2, 0.25) is 5.91 Å². The van der Waals surface area contributed by atoms with E-state index >= 15 is 0 Å². The van der Waals surface area contributed by atoms with Crippen molar-refractivity contribution in [2.75, 3.05) is 24.5 Å². The van der Waals surface area contributed by atoms with Gasteiger partial charge in [-0.25, -0.2) is 8.78 Å². The Morgan fingerprint density at radius 2 is 1.93 bits per heavy atom. The molecule has 2 fully saturated rings. The number of benzene rings is 1. The standard InChI is InChI=1S/C19H25F2N3O3/c1-11-7-15(27-18(11)26)14(22)8-23-9-16(25)24(10-19(23,2)3)17-12(20)5-4-6-13(17)21/h4-6,11,14-15H,7-10,22H2,1-3H3/t11-,14?,15+/m1/s1. The number of anilines is 1. The van der Waals surface area contributed by atoms with Crippen molar-refractivity contribution in [3.8, 4) is 0 Å². The van der Waals surface area contributed by atoms with Crippen LogP contribution in [0.2, 0.25) is 0 Å². The summed E-state index contributed by atoms with van der Waals surface area (Å²) in [5, 5.41) is 0. The number of carbonyl (C=O) groups is 2. The van der Waals surface area contributed by atoms with Gasteiger partial charge in [0.1, 0.15) is 23.4 Å². The molecule has 3 rings (SSSR count). The minimum absolute atomic E-state index is 0.0231. The Morgan fingerprint density at radius 1 is 1.30 bits per heavy atom. The lowest BCUT2D eigenvalue weighted by atomic mass is 9.95. The van der Waals surface area contributed by atoms with Crippen molar-refractivity contribution >= 4 is 17.6 Å². The Morgan fingerprint density at radius 3 is 2.48 bits per heavy atom. The van der Waals surface area contributed by atoms with Gasteiger partial charge in [-0.1, -0.05) is 13.0 Å². The highest BCUT2D eigenvalue weighted by Crippen LogP contribution is 2.31. The Balaban J connectivity index is 1.74. The van der Waals surface area contributed by atoms with E-state index < -0.39 is 29.1 Å². The summed E-state index contributed by atoms with van der Waals surface area (Å²) in [4.78, 5) is 27.3. The molecule has 3 atom stereocenters. The van der Waals surface area contributed by atoms with E-state index in [1.165, 1.54) is 6.07 Å². The smallest absolute Gasteiger partial charge is 0.309 e. The zero-order valence-corrected chi connectivity index (χ0v) is 15.7. The third kappa shape index (κ3) is 3.82. The van der Waals surface area contributed by atoms with Crippen molar-refractivity contribution in [3.05, 3.63) is 29.8 Å². The van der Waals surface area contributed by atoms with Crippen molar-refractivity contribution in [2.24, 2.45) is 11.7 Å². The maximum absolute atomic E-state index is 14.1. The quantitative estimate of drug-likeness (QED) is 0.803. The second-order valence-electron chi connectivity index (χ2n) is 8.02. The molecule has 0 aromatic heterocycles. The summed E-state index contributed by atoms with van der Waals surface area (Å²) in [7, 11) is 0. The van der Waals surface area contributed by atoms with E-state index in [2.05, 4.69) is 0 Å². The minimum atomic E-state index is -0.767. The van der Waals surface area contributed by atoms with E-state index in [1.807, 2.05) is 18.7 Å². The van der Waals surface area contributed by atoms with E-state index in [0.717, 1.165) is 17.0 Å². The Hall–Kier alpha value is -2.06. The van der Waals surface area contributed by atoms with Crippen LogP contribution in [0.4, 0.5) is 14.5 Å². The van der Waals surface area contributed by atoms with E-state index in [9.17, 15) is 18.4 Å². The van der Waals surface area contributed by atoms with Gasteiger partial charge in [-0.15, -0.1) is 0 Å². The van der Waals surface area contributed by atoms with Crippen LogP contribution in [-0.2, 0) is 14.3 Å². The molecule has 2 aliphatic rings. The van der Waals surface area contributed by atoms with Gasteiger partial charge in [0, 0.05) is 18.6 Å². The van der Waals surface area contributed by atoms with Crippen molar-refractivity contribution in [1.82, 2.24) is 4.90 Å². The molecule has 2 heterocycles. The van der Waals surface area contributed by atoms with Crippen molar-refractivity contribution < 1.29 is 23.1 Å². The maximum Gasteiger partial charge on any atom is 0.309 e. The van der Waals surface area contributed by atoms with Crippen LogP contribution in [0, 0.1) is 17.6 Å². The molecule has 0 spiro atoms. The van der Waals surface area contributed by atoms with Crippen molar-refractivity contribution in [1.29, 1.82) is 0 Å². The lowest BCUT2D eigenvalue weighted by Gasteiger charge is -2.47. The number of hydrogen-bond donors (Lipinski definition) is 1. The zero-order valence-electron chi connectivity index (χ0n) is 15.7. The highest BCUT2D eigenvalue weighted by molar-refractivity contribution is 5.96. The Labute approximate surface area is 157 Å². The number of ether oxygens (including phenoxy) is 1. The maximum atomic E-state index is 14.1. The number of hydrogen-bond acceptors (Lipinski definition) is 5. The molecule has 27 heavy (non-hydrogen) atoms. The molecule has 8 heteroatoms. The molecule has 2 N–H and O–H groups in total. The highest BCUT2D eigenvalue weighted by atomic mass is 19.1. The molecule has 148 valence electrons. The van der Waals surface area contributed by atoms with Gasteiger partial charge in [0.15, 0.2) is 0 Å². The monoisotopic (exact) mass is 381 g/mol. The van der Waals surface area contributed by atoms with Gasteiger partial charge in [-0.2, -0.15) is 0 Å². The average molecular weight is 381 g/mol. The third-order valence-electron chi connectivity index (χ3n) is 5.40. The predicted molar refractivity (Wildman–Crippen MR) is 96.0 cm³/mol. The summed E-state index contributed by atoms with van der Waals surface area (Å²) in [6.07, 6.45) is 0.162. The van der Waals surface area contributed by atoms with Crippen LogP contribution >= 0.6 is 0 Å². The fraction of sp³-hybridized carbons (Fsp3) is 0.579. The van der Waals surface area contributed by atoms with E-state index in [1.54, 1.807) is 6.92 Å². The molecule has 1 amide bonds. The van der Waals surface area contributed by atoms with Crippen LogP contribution in [0.3, 0.4) is 0 Å². The normalized spacial score (nSPS) is 27.0. The predicted octanol–water partition coefficient (Wildman–Crippen LogP) is 1.67. The van der Waals surface area contributed by atoms with Crippen molar-refractivity contribution in [3.63, 3.8) is 0 Å². The van der Waals surface area contributed by atoms with E-state index in [0.29, 0.717) is 13.0 Å². The summed E-state index contributed by atoms with van der Waals surface area (Å²) >= 11 is 0. The van der Waals surface area contributed by atoms with Crippen LogP contribution in [-0.4, -0.2) is 54.1 Å². The third-order valence-corrected chi connectivity index (χ3v) is 5.40. The number of nitrogens with two attached hydrogens (primary N) is 1. The fourth-order valence-electron chi connectivity index (χ4n) is 3.69. The Bertz CT molecular complexity index is 735. The molecule has 1 aromatic carbocycles. The number of amides is 1. The second kappa shape index (κ2) is 7.16. The number of rotatable bonds is 4. The number of esters is 1. The van der Waals surface area contributed by atoms with Gasteiger partial charge < -0.3 is 15.4 Å². The number of cyclic esters (lactones) is 1. The first kappa shape index (κ1) is 19.7. The van der Waals surface area contributed by atoms with Gasteiger partial charge in [0.05, 0.1) is 18.5 Å². The molecule has 1 unspecified atom stereocenters. The first-order chi connectivity index (χ1) is 12.6. The molecule has 1 aromatic rings. The first-order valence-electron chi connectivity index (χ1n) is 9.05. The molecule has 0 radical (unpaired) electrons. The van der Waals surface area contributed by atoms with Crippen LogP contribution in [0.5, 0.6) is 0 Å². The molecule has 0 aliphatic carbocycles. The number of carbonyl (C=O) groups excluding carboxylic acids is 2. The molecule has 0 bridgehead atoms. The average Bonchev–Trinajstić information content (AvgIpc) is 2.91. The summed E-state index contributed by atoms with van der Waals surface area (Å²) in [6.45, 7) is 6.02. The van der Waals surface area contributed by atoms with E-state index in [4.69, 9.17) is 10.5 Å². The van der Waals surface area contributed by atoms with Gasteiger partial charge in [-0.05, 0) is 32.4 Å². The number of nitrogens with zero attached hydrogens (tertiary/aromatic N) is 2. The molecule has 2 saturated heterocycles. The first-order valence-corrected chi connectivity index (χ1v) is 9.05. The molecular formula is C19H25F2N3O3. The summed E-state index contributed by atoms with van der Waals surface area (Å²) in [5.74, 6) is -2.38. The van der Waals surface area contributed by atoms with E-state index in [-0.39, 0.29) is 36.8 Å². The van der Waals surface area contributed by atoms with Gasteiger partial charge >= 0.3 is 5.97 Å². The largest absolute Gasteiger partial charge is 0.460 e.